The zero-order valence-electron chi connectivity index (χ0n) is 15.6. The molecule has 0 fully saturated rings. The molecule has 0 bridgehead atoms. The van der Waals surface area contributed by atoms with Gasteiger partial charge in [0.2, 0.25) is 0 Å². The van der Waals surface area contributed by atoms with E-state index in [2.05, 4.69) is 48.5 Å². The largest absolute Gasteiger partial charge is 0.180 e. The van der Waals surface area contributed by atoms with Crippen molar-refractivity contribution in [1.82, 2.24) is 0 Å². The van der Waals surface area contributed by atoms with E-state index in [1.54, 1.807) is 0 Å². The quantitative estimate of drug-likeness (QED) is 0.329. The molecule has 0 unspecified atom stereocenters. The topological polar surface area (TPSA) is 24.7 Å². The van der Waals surface area contributed by atoms with Gasteiger partial charge in [-0.25, -0.2) is 0 Å². The molecule has 0 aliphatic heterocycles. The molecule has 4 aromatic rings. The molecule has 0 saturated heterocycles. The smallest absolute Gasteiger partial charge is 0.121 e. The fourth-order valence-corrected chi connectivity index (χ4v) is 3.33. The van der Waals surface area contributed by atoms with Crippen molar-refractivity contribution >= 4 is 0 Å². The van der Waals surface area contributed by atoms with Crippen LogP contribution in [-0.2, 0) is 0 Å². The van der Waals surface area contributed by atoms with Crippen molar-refractivity contribution < 1.29 is 0 Å². The van der Waals surface area contributed by atoms with Gasteiger partial charge in [-0.05, 0) is 22.3 Å². The zero-order valence-corrected chi connectivity index (χ0v) is 15.6. The van der Waals surface area contributed by atoms with E-state index in [1.807, 2.05) is 72.8 Å². The molecule has 4 aromatic carbocycles. The van der Waals surface area contributed by atoms with Crippen molar-refractivity contribution in [2.24, 2.45) is 10.2 Å². The highest BCUT2D eigenvalue weighted by molar-refractivity contribution is 5.33. The molecule has 4 rings (SSSR count). The first-order chi connectivity index (χ1) is 13.9. The van der Waals surface area contributed by atoms with E-state index in [0.717, 1.165) is 22.3 Å². The SMILES string of the molecule is c1ccc(C(N=NC(c2ccccc2)c2ccccc2)c2ccccc2)cc1. The molecule has 0 saturated carbocycles. The fraction of sp³-hybridized carbons (Fsp3) is 0.0769. The molecule has 0 N–H and O–H groups in total. The number of hydrogen-bond acceptors (Lipinski definition) is 2. The van der Waals surface area contributed by atoms with E-state index in [4.69, 9.17) is 10.2 Å². The Kier molecular flexibility index (Phi) is 5.69. The molecule has 0 heterocycles. The number of nitrogens with zero attached hydrogens (tertiary/aromatic N) is 2. The van der Waals surface area contributed by atoms with E-state index >= 15 is 0 Å². The summed E-state index contributed by atoms with van der Waals surface area (Å²) >= 11 is 0. The number of azo groups is 1. The molecule has 2 heteroatoms. The molecule has 2 nitrogen and oxygen atoms in total. The van der Waals surface area contributed by atoms with Gasteiger partial charge in [0, 0.05) is 0 Å². The van der Waals surface area contributed by atoms with Gasteiger partial charge in [0.1, 0.15) is 12.1 Å². The number of hydrogen-bond donors (Lipinski definition) is 0. The van der Waals surface area contributed by atoms with Crippen LogP contribution in [0.3, 0.4) is 0 Å². The average molecular weight is 362 g/mol. The van der Waals surface area contributed by atoms with Crippen molar-refractivity contribution in [3.63, 3.8) is 0 Å². The van der Waals surface area contributed by atoms with Crippen LogP contribution in [0, 0.1) is 0 Å². The molecular weight excluding hydrogens is 340 g/mol. The van der Waals surface area contributed by atoms with Crippen LogP contribution in [0.15, 0.2) is 132 Å². The minimum absolute atomic E-state index is 0.127. The lowest BCUT2D eigenvalue weighted by molar-refractivity contribution is 0.705. The van der Waals surface area contributed by atoms with Crippen molar-refractivity contribution in [3.05, 3.63) is 144 Å². The predicted molar refractivity (Wildman–Crippen MR) is 114 cm³/mol. The fourth-order valence-electron chi connectivity index (χ4n) is 3.33. The first kappa shape index (κ1) is 17.9. The summed E-state index contributed by atoms with van der Waals surface area (Å²) in [6.07, 6.45) is 0. The minimum atomic E-state index is -0.127. The molecule has 0 amide bonds. The Balaban J connectivity index is 1.75. The second-order valence-electron chi connectivity index (χ2n) is 6.68. The second-order valence-corrected chi connectivity index (χ2v) is 6.68. The molecule has 0 atom stereocenters. The Labute approximate surface area is 166 Å². The molecule has 136 valence electrons. The van der Waals surface area contributed by atoms with Gasteiger partial charge < -0.3 is 0 Å². The van der Waals surface area contributed by atoms with Crippen LogP contribution in [0.2, 0.25) is 0 Å². The van der Waals surface area contributed by atoms with Crippen molar-refractivity contribution in [2.75, 3.05) is 0 Å². The normalized spacial score (nSPS) is 11.4. The van der Waals surface area contributed by atoms with Crippen LogP contribution < -0.4 is 0 Å². The molecule has 0 aliphatic rings. The minimum Gasteiger partial charge on any atom is -0.180 e. The van der Waals surface area contributed by atoms with E-state index in [-0.39, 0.29) is 12.1 Å². The molecule has 28 heavy (non-hydrogen) atoms. The zero-order chi connectivity index (χ0) is 19.0. The lowest BCUT2D eigenvalue weighted by Crippen LogP contribution is -2.01. The van der Waals surface area contributed by atoms with Crippen LogP contribution in [0.4, 0.5) is 0 Å². The molecule has 0 radical (unpaired) electrons. The Hall–Kier alpha value is -3.52. The van der Waals surface area contributed by atoms with Gasteiger partial charge in [-0.2, -0.15) is 10.2 Å². The van der Waals surface area contributed by atoms with E-state index in [0.29, 0.717) is 0 Å². The van der Waals surface area contributed by atoms with Gasteiger partial charge in [-0.1, -0.05) is 121 Å². The van der Waals surface area contributed by atoms with Gasteiger partial charge >= 0.3 is 0 Å². The van der Waals surface area contributed by atoms with Crippen LogP contribution in [0.25, 0.3) is 0 Å². The maximum atomic E-state index is 4.84. The Morgan fingerprint density at radius 3 is 0.750 bits per heavy atom. The summed E-state index contributed by atoms with van der Waals surface area (Å²) in [6.45, 7) is 0. The highest BCUT2D eigenvalue weighted by Gasteiger charge is 2.16. The van der Waals surface area contributed by atoms with Crippen LogP contribution in [0.1, 0.15) is 34.3 Å². The molecule has 0 spiro atoms. The van der Waals surface area contributed by atoms with E-state index < -0.39 is 0 Å². The maximum Gasteiger partial charge on any atom is 0.121 e. The first-order valence-corrected chi connectivity index (χ1v) is 9.51. The van der Waals surface area contributed by atoms with E-state index in [1.165, 1.54) is 0 Å². The van der Waals surface area contributed by atoms with Crippen LogP contribution in [0.5, 0.6) is 0 Å². The summed E-state index contributed by atoms with van der Waals surface area (Å²) in [5.74, 6) is 0. The molecule has 0 aromatic heterocycles. The summed E-state index contributed by atoms with van der Waals surface area (Å²) in [4.78, 5) is 0. The third kappa shape index (κ3) is 4.24. The lowest BCUT2D eigenvalue weighted by Gasteiger charge is -2.16. The van der Waals surface area contributed by atoms with Crippen molar-refractivity contribution in [3.8, 4) is 0 Å². The van der Waals surface area contributed by atoms with Gasteiger partial charge in [0.25, 0.3) is 0 Å². The monoisotopic (exact) mass is 362 g/mol. The summed E-state index contributed by atoms with van der Waals surface area (Å²) in [5, 5.41) is 9.68. The van der Waals surface area contributed by atoms with E-state index in [9.17, 15) is 0 Å². The first-order valence-electron chi connectivity index (χ1n) is 9.51. The van der Waals surface area contributed by atoms with Crippen LogP contribution >= 0.6 is 0 Å². The Morgan fingerprint density at radius 2 is 0.536 bits per heavy atom. The lowest BCUT2D eigenvalue weighted by atomic mass is 9.99. The summed E-state index contributed by atoms with van der Waals surface area (Å²) in [6, 6.07) is 41.1. The Morgan fingerprint density at radius 1 is 0.321 bits per heavy atom. The summed E-state index contributed by atoms with van der Waals surface area (Å²) < 4.78 is 0. The summed E-state index contributed by atoms with van der Waals surface area (Å²) in [7, 11) is 0. The van der Waals surface area contributed by atoms with Gasteiger partial charge in [0.05, 0.1) is 0 Å². The Bertz CT molecular complexity index is 833. The van der Waals surface area contributed by atoms with Crippen molar-refractivity contribution in [1.29, 1.82) is 0 Å². The standard InChI is InChI=1S/C26H22N2/c1-5-13-21(14-6-1)25(22-15-7-2-8-16-22)27-28-26(23-17-9-3-10-18-23)24-19-11-4-12-20-24/h1-20,25-26H. The van der Waals surface area contributed by atoms with Crippen LogP contribution in [-0.4, -0.2) is 0 Å². The van der Waals surface area contributed by atoms with Gasteiger partial charge in [0.15, 0.2) is 0 Å². The highest BCUT2D eigenvalue weighted by atomic mass is 15.1. The highest BCUT2D eigenvalue weighted by Crippen LogP contribution is 2.31. The third-order valence-corrected chi connectivity index (χ3v) is 4.76. The average Bonchev–Trinajstić information content (AvgIpc) is 2.79. The predicted octanol–water partition coefficient (Wildman–Crippen LogP) is 7.02. The number of benzene rings is 4. The van der Waals surface area contributed by atoms with Gasteiger partial charge in [-0.15, -0.1) is 0 Å². The second kappa shape index (κ2) is 8.92. The molecular formula is C26H22N2. The third-order valence-electron chi connectivity index (χ3n) is 4.76. The summed E-state index contributed by atoms with van der Waals surface area (Å²) in [5.41, 5.74) is 4.55. The number of rotatable bonds is 6. The maximum absolute atomic E-state index is 4.84. The van der Waals surface area contributed by atoms with Gasteiger partial charge in [-0.3, -0.25) is 0 Å². The molecule has 0 aliphatic carbocycles. The van der Waals surface area contributed by atoms with Crippen molar-refractivity contribution in [2.45, 2.75) is 12.1 Å².